The number of amides is 1. The van der Waals surface area contributed by atoms with Crippen LogP contribution in [0, 0.1) is 5.92 Å². The Bertz CT molecular complexity index is 607. The number of hydrogen-bond donors (Lipinski definition) is 2. The predicted octanol–water partition coefficient (Wildman–Crippen LogP) is 1.93. The molecule has 0 radical (unpaired) electrons. The summed E-state index contributed by atoms with van der Waals surface area (Å²) in [4.78, 5) is 26.6. The van der Waals surface area contributed by atoms with Gasteiger partial charge in [0.25, 0.3) is 0 Å². The summed E-state index contributed by atoms with van der Waals surface area (Å²) >= 11 is 0. The smallest absolute Gasteiger partial charge is 0.326 e. The lowest BCUT2D eigenvalue weighted by Crippen LogP contribution is -2.51. The molecule has 0 aliphatic carbocycles. The molecule has 6 heteroatoms. The number of carbonyl (C=O) groups excluding carboxylic acids is 1. The van der Waals surface area contributed by atoms with Gasteiger partial charge >= 0.3 is 5.97 Å². The fourth-order valence-electron chi connectivity index (χ4n) is 3.74. The maximum atomic E-state index is 12.7. The number of likely N-dealkylation sites (tertiary alicyclic amines) is 1. The molecule has 5 atom stereocenters. The molecule has 0 spiro atoms. The number of hydrogen-bond acceptors (Lipinski definition) is 4. The second-order valence-corrected chi connectivity index (χ2v) is 7.24. The van der Waals surface area contributed by atoms with Crippen LogP contribution >= 0.6 is 0 Å². The number of carboxylic acids is 1. The molecule has 1 aliphatic rings. The van der Waals surface area contributed by atoms with Crippen LogP contribution in [0.4, 0.5) is 0 Å². The van der Waals surface area contributed by atoms with Crippen LogP contribution in [0.3, 0.4) is 0 Å². The Balaban J connectivity index is 2.04. The molecule has 144 valence electrons. The van der Waals surface area contributed by atoms with E-state index in [0.29, 0.717) is 6.04 Å². The van der Waals surface area contributed by atoms with Gasteiger partial charge in [-0.3, -0.25) is 9.69 Å². The zero-order valence-corrected chi connectivity index (χ0v) is 16.0. The van der Waals surface area contributed by atoms with Crippen molar-refractivity contribution in [3.8, 4) is 0 Å². The Morgan fingerprint density at radius 1 is 1.31 bits per heavy atom. The molecular formula is C20H30N2O4. The maximum Gasteiger partial charge on any atom is 0.326 e. The van der Waals surface area contributed by atoms with Crippen LogP contribution in [-0.2, 0) is 20.7 Å². The van der Waals surface area contributed by atoms with Crippen LogP contribution in [0.15, 0.2) is 30.3 Å². The maximum absolute atomic E-state index is 12.7. The normalized spacial score (nSPS) is 24.0. The first kappa shape index (κ1) is 20.4. The molecule has 1 unspecified atom stereocenters. The molecule has 1 amide bonds. The quantitative estimate of drug-likeness (QED) is 0.739. The molecule has 0 aromatic heterocycles. The van der Waals surface area contributed by atoms with Crippen molar-refractivity contribution in [2.75, 3.05) is 14.2 Å². The summed E-state index contributed by atoms with van der Waals surface area (Å²) < 4.78 is 5.65. The molecule has 1 aromatic rings. The number of aliphatic carboxylic acids is 1. The molecule has 1 heterocycles. The van der Waals surface area contributed by atoms with Crippen molar-refractivity contribution in [3.05, 3.63) is 35.9 Å². The standard InChI is InChI=1S/C20H30N2O4/c1-13-10-11-17(22(13)3)18(26-4)14(2)19(23)21-16(20(24)25)12-15-8-6-5-7-9-15/h5-9,13-14,16-18H,10-12H2,1-4H3,(H,21,23)(H,24,25)/t13-,14+,16-,17?,18+/m0/s1. The monoisotopic (exact) mass is 362 g/mol. The highest BCUT2D eigenvalue weighted by atomic mass is 16.5. The Kier molecular flexibility index (Phi) is 7.17. The molecule has 26 heavy (non-hydrogen) atoms. The molecule has 1 fully saturated rings. The second kappa shape index (κ2) is 9.14. The van der Waals surface area contributed by atoms with Gasteiger partial charge in [0.2, 0.25) is 5.91 Å². The molecule has 1 aromatic carbocycles. The molecule has 1 saturated heterocycles. The highest BCUT2D eigenvalue weighted by Gasteiger charge is 2.39. The van der Waals surface area contributed by atoms with Gasteiger partial charge in [-0.2, -0.15) is 0 Å². The number of carboxylic acid groups (broad SMARTS) is 1. The van der Waals surface area contributed by atoms with E-state index < -0.39 is 17.9 Å². The number of nitrogens with zero attached hydrogens (tertiary/aromatic N) is 1. The summed E-state index contributed by atoms with van der Waals surface area (Å²) in [5, 5.41) is 12.2. The van der Waals surface area contributed by atoms with Gasteiger partial charge in [-0.25, -0.2) is 4.79 Å². The zero-order chi connectivity index (χ0) is 19.3. The summed E-state index contributed by atoms with van der Waals surface area (Å²) in [6.45, 7) is 3.97. The average molecular weight is 362 g/mol. The summed E-state index contributed by atoms with van der Waals surface area (Å²) in [5.41, 5.74) is 0.875. The minimum atomic E-state index is -1.03. The van der Waals surface area contributed by atoms with Crippen molar-refractivity contribution in [2.24, 2.45) is 5.92 Å². The van der Waals surface area contributed by atoms with Gasteiger partial charge in [0, 0.05) is 25.6 Å². The second-order valence-electron chi connectivity index (χ2n) is 7.24. The van der Waals surface area contributed by atoms with E-state index in [2.05, 4.69) is 24.2 Å². The third kappa shape index (κ3) is 4.83. The number of nitrogens with one attached hydrogen (secondary N) is 1. The fraction of sp³-hybridized carbons (Fsp3) is 0.600. The van der Waals surface area contributed by atoms with E-state index in [1.165, 1.54) is 0 Å². The van der Waals surface area contributed by atoms with Crippen molar-refractivity contribution >= 4 is 11.9 Å². The van der Waals surface area contributed by atoms with Gasteiger partial charge < -0.3 is 15.2 Å². The van der Waals surface area contributed by atoms with E-state index in [1.807, 2.05) is 37.3 Å². The highest BCUT2D eigenvalue weighted by Crippen LogP contribution is 2.28. The lowest BCUT2D eigenvalue weighted by Gasteiger charge is -2.33. The van der Waals surface area contributed by atoms with Crippen molar-refractivity contribution in [1.29, 1.82) is 0 Å². The zero-order valence-electron chi connectivity index (χ0n) is 16.0. The minimum absolute atomic E-state index is 0.160. The molecule has 0 bridgehead atoms. The fourth-order valence-corrected chi connectivity index (χ4v) is 3.74. The van der Waals surface area contributed by atoms with Crippen LogP contribution in [0.2, 0.25) is 0 Å². The lowest BCUT2D eigenvalue weighted by atomic mass is 9.94. The summed E-state index contributed by atoms with van der Waals surface area (Å²) in [5.74, 6) is -1.75. The van der Waals surface area contributed by atoms with E-state index in [0.717, 1.165) is 18.4 Å². The average Bonchev–Trinajstić information content (AvgIpc) is 2.95. The Morgan fingerprint density at radius 2 is 1.96 bits per heavy atom. The molecule has 0 saturated carbocycles. The summed E-state index contributed by atoms with van der Waals surface area (Å²) in [6, 6.07) is 8.97. The van der Waals surface area contributed by atoms with Crippen molar-refractivity contribution in [3.63, 3.8) is 0 Å². The lowest BCUT2D eigenvalue weighted by molar-refractivity contribution is -0.143. The van der Waals surface area contributed by atoms with Gasteiger partial charge in [-0.05, 0) is 32.4 Å². The van der Waals surface area contributed by atoms with Crippen LogP contribution in [0.25, 0.3) is 0 Å². The third-order valence-electron chi connectivity index (χ3n) is 5.55. The van der Waals surface area contributed by atoms with Crippen LogP contribution in [0.5, 0.6) is 0 Å². The van der Waals surface area contributed by atoms with Crippen molar-refractivity contribution < 1.29 is 19.4 Å². The summed E-state index contributed by atoms with van der Waals surface area (Å²) in [7, 11) is 3.67. The Labute approximate surface area is 155 Å². The number of ether oxygens (including phenoxy) is 1. The van der Waals surface area contributed by atoms with Crippen LogP contribution in [-0.4, -0.2) is 60.3 Å². The van der Waals surface area contributed by atoms with Crippen LogP contribution < -0.4 is 5.32 Å². The number of rotatable bonds is 8. The van der Waals surface area contributed by atoms with Gasteiger partial charge in [0.1, 0.15) is 6.04 Å². The Hall–Kier alpha value is -1.92. The number of carbonyl (C=O) groups is 2. The van der Waals surface area contributed by atoms with E-state index in [4.69, 9.17) is 4.74 Å². The first-order chi connectivity index (χ1) is 12.3. The van der Waals surface area contributed by atoms with Gasteiger partial charge in [0.15, 0.2) is 0 Å². The number of likely N-dealkylation sites (N-methyl/N-ethyl adjacent to an activating group) is 1. The first-order valence-corrected chi connectivity index (χ1v) is 9.17. The minimum Gasteiger partial charge on any atom is -0.480 e. The largest absolute Gasteiger partial charge is 0.480 e. The highest BCUT2D eigenvalue weighted by molar-refractivity contribution is 5.85. The Morgan fingerprint density at radius 3 is 2.46 bits per heavy atom. The molecule has 2 N–H and O–H groups in total. The third-order valence-corrected chi connectivity index (χ3v) is 5.55. The SMILES string of the molecule is CO[C@@H](C1CC[C@H](C)N1C)[C@@H](C)C(=O)N[C@@H](Cc1ccccc1)C(=O)O. The first-order valence-electron chi connectivity index (χ1n) is 9.17. The number of benzene rings is 1. The van der Waals surface area contributed by atoms with Gasteiger partial charge in [-0.1, -0.05) is 37.3 Å². The molecule has 6 nitrogen and oxygen atoms in total. The molecule has 2 rings (SSSR count). The van der Waals surface area contributed by atoms with E-state index in [9.17, 15) is 14.7 Å². The summed E-state index contributed by atoms with van der Waals surface area (Å²) in [6.07, 6.45) is 2.03. The number of methoxy groups -OCH3 is 1. The molecule has 1 aliphatic heterocycles. The van der Waals surface area contributed by atoms with E-state index in [-0.39, 0.29) is 24.5 Å². The van der Waals surface area contributed by atoms with Crippen LogP contribution in [0.1, 0.15) is 32.3 Å². The topological polar surface area (TPSA) is 78.9 Å². The van der Waals surface area contributed by atoms with E-state index in [1.54, 1.807) is 7.11 Å². The van der Waals surface area contributed by atoms with Crippen molar-refractivity contribution in [1.82, 2.24) is 10.2 Å². The molecular weight excluding hydrogens is 332 g/mol. The van der Waals surface area contributed by atoms with Gasteiger partial charge in [-0.15, -0.1) is 0 Å². The van der Waals surface area contributed by atoms with Crippen molar-refractivity contribution in [2.45, 2.75) is 57.3 Å². The van der Waals surface area contributed by atoms with E-state index >= 15 is 0 Å². The van der Waals surface area contributed by atoms with Gasteiger partial charge in [0.05, 0.1) is 12.0 Å². The predicted molar refractivity (Wildman–Crippen MR) is 99.9 cm³/mol.